The van der Waals surface area contributed by atoms with E-state index in [1.54, 1.807) is 0 Å². The third-order valence-electron chi connectivity index (χ3n) is 5.07. The summed E-state index contributed by atoms with van der Waals surface area (Å²) < 4.78 is 0. The molecule has 1 aromatic heterocycles. The van der Waals surface area contributed by atoms with Crippen LogP contribution in [-0.2, 0) is 17.6 Å². The van der Waals surface area contributed by atoms with Gasteiger partial charge >= 0.3 is 0 Å². The molecule has 1 aromatic carbocycles. The number of nitrogens with two attached hydrogens (primary N) is 1. The lowest BCUT2D eigenvalue weighted by atomic mass is 9.82. The van der Waals surface area contributed by atoms with Crippen molar-refractivity contribution in [3.63, 3.8) is 0 Å². The number of nitrogen functional groups attached to an aromatic ring is 1. The van der Waals surface area contributed by atoms with Crippen LogP contribution in [0.5, 0.6) is 0 Å². The molecule has 2 aromatic rings. The fraction of sp³-hybridized carbons (Fsp3) is 0.389. The number of carbonyl (C=O) groups excluding carboxylic acids is 1. The van der Waals surface area contributed by atoms with Crippen molar-refractivity contribution >= 4 is 11.7 Å². The van der Waals surface area contributed by atoms with Crippen LogP contribution < -0.4 is 11.3 Å². The quantitative estimate of drug-likeness (QED) is 0.666. The van der Waals surface area contributed by atoms with Crippen molar-refractivity contribution in [1.82, 2.24) is 15.1 Å². The minimum absolute atomic E-state index is 0.0892. The lowest BCUT2D eigenvalue weighted by Gasteiger charge is -2.46. The Morgan fingerprint density at radius 1 is 1.25 bits per heavy atom. The van der Waals surface area contributed by atoms with Crippen LogP contribution in [0.2, 0.25) is 0 Å². The standard InChI is InChI=1S/C18H21N5O/c19-20-17-11-14-15(21-22-17)10-13-7-4-8-16(14)23(13)18(24)9-12-5-2-1-3-6-12/h1-3,5-6,11,13,16H,4,7-10,19H2,(H,20,22). The first-order valence-electron chi connectivity index (χ1n) is 8.44. The van der Waals surface area contributed by atoms with E-state index in [-0.39, 0.29) is 18.0 Å². The number of aromatic nitrogens is 2. The Labute approximate surface area is 141 Å². The number of piperidine rings is 1. The van der Waals surface area contributed by atoms with Crippen LogP contribution in [0.25, 0.3) is 0 Å². The highest BCUT2D eigenvalue weighted by atomic mass is 16.2. The van der Waals surface area contributed by atoms with Gasteiger partial charge in [-0.1, -0.05) is 30.3 Å². The second kappa shape index (κ2) is 6.20. The number of amides is 1. The number of rotatable bonds is 3. The van der Waals surface area contributed by atoms with Gasteiger partial charge in [0.2, 0.25) is 5.91 Å². The van der Waals surface area contributed by atoms with E-state index in [0.717, 1.165) is 42.5 Å². The van der Waals surface area contributed by atoms with Crippen molar-refractivity contribution in [2.75, 3.05) is 5.43 Å². The molecule has 2 aliphatic rings. The lowest BCUT2D eigenvalue weighted by Crippen LogP contribution is -2.50. The van der Waals surface area contributed by atoms with Gasteiger partial charge in [0, 0.05) is 18.0 Å². The van der Waals surface area contributed by atoms with E-state index in [0.29, 0.717) is 12.2 Å². The molecular weight excluding hydrogens is 302 g/mol. The smallest absolute Gasteiger partial charge is 0.227 e. The minimum atomic E-state index is 0.0892. The van der Waals surface area contributed by atoms with E-state index in [2.05, 4.69) is 20.5 Å². The number of benzene rings is 1. The first kappa shape index (κ1) is 15.1. The maximum Gasteiger partial charge on any atom is 0.227 e. The molecule has 6 heteroatoms. The molecule has 3 N–H and O–H groups in total. The molecule has 4 rings (SSSR count). The average molecular weight is 323 g/mol. The highest BCUT2D eigenvalue weighted by molar-refractivity contribution is 5.80. The Kier molecular flexibility index (Phi) is 3.90. The number of hydrogen-bond acceptors (Lipinski definition) is 5. The fourth-order valence-corrected chi connectivity index (χ4v) is 4.00. The van der Waals surface area contributed by atoms with Crippen LogP contribution in [-0.4, -0.2) is 27.0 Å². The van der Waals surface area contributed by atoms with E-state index in [1.807, 2.05) is 36.4 Å². The van der Waals surface area contributed by atoms with Crippen molar-refractivity contribution in [3.8, 4) is 0 Å². The van der Waals surface area contributed by atoms with Gasteiger partial charge in [-0.2, -0.15) is 5.10 Å². The Hall–Kier alpha value is -2.47. The highest BCUT2D eigenvalue weighted by Crippen LogP contribution is 2.41. The van der Waals surface area contributed by atoms with E-state index in [9.17, 15) is 4.79 Å². The second-order valence-electron chi connectivity index (χ2n) is 6.54. The number of anilines is 1. The Morgan fingerprint density at radius 2 is 2.08 bits per heavy atom. The third-order valence-corrected chi connectivity index (χ3v) is 5.07. The van der Waals surface area contributed by atoms with Crippen molar-refractivity contribution in [3.05, 3.63) is 53.2 Å². The predicted octanol–water partition coefficient (Wildman–Crippen LogP) is 1.98. The van der Waals surface area contributed by atoms with Gasteiger partial charge in [0.1, 0.15) is 0 Å². The maximum atomic E-state index is 13.0. The predicted molar refractivity (Wildman–Crippen MR) is 90.9 cm³/mol. The summed E-state index contributed by atoms with van der Waals surface area (Å²) in [5, 5.41) is 8.41. The van der Waals surface area contributed by atoms with E-state index in [4.69, 9.17) is 5.84 Å². The molecule has 2 aliphatic heterocycles. The summed E-state index contributed by atoms with van der Waals surface area (Å²) in [5.74, 6) is 6.22. The molecule has 0 saturated carbocycles. The van der Waals surface area contributed by atoms with Gasteiger partial charge in [-0.3, -0.25) is 4.79 Å². The Balaban J connectivity index is 1.64. The summed E-state index contributed by atoms with van der Waals surface area (Å²) in [7, 11) is 0. The summed E-state index contributed by atoms with van der Waals surface area (Å²) in [4.78, 5) is 15.1. The largest absolute Gasteiger partial charge is 0.332 e. The summed E-state index contributed by atoms with van der Waals surface area (Å²) in [5.41, 5.74) is 5.72. The number of nitrogens with zero attached hydrogens (tertiary/aromatic N) is 3. The normalized spacial score (nSPS) is 22.0. The number of hydrogen-bond donors (Lipinski definition) is 2. The first-order chi connectivity index (χ1) is 11.8. The Bertz CT molecular complexity index is 748. The zero-order valence-corrected chi connectivity index (χ0v) is 13.5. The van der Waals surface area contributed by atoms with Crippen LogP contribution in [0.4, 0.5) is 5.82 Å². The second-order valence-corrected chi connectivity index (χ2v) is 6.54. The van der Waals surface area contributed by atoms with Gasteiger partial charge in [0.15, 0.2) is 5.82 Å². The molecule has 2 atom stereocenters. The van der Waals surface area contributed by atoms with E-state index >= 15 is 0 Å². The fourth-order valence-electron chi connectivity index (χ4n) is 4.00. The molecular formula is C18H21N5O. The molecule has 3 heterocycles. The molecule has 0 aliphatic carbocycles. The number of hydrazine groups is 1. The zero-order chi connectivity index (χ0) is 16.5. The van der Waals surface area contributed by atoms with Gasteiger partial charge < -0.3 is 10.3 Å². The minimum Gasteiger partial charge on any atom is -0.332 e. The maximum absolute atomic E-state index is 13.0. The monoisotopic (exact) mass is 323 g/mol. The van der Waals surface area contributed by atoms with Gasteiger partial charge in [-0.05, 0) is 30.9 Å². The van der Waals surface area contributed by atoms with E-state index < -0.39 is 0 Å². The molecule has 1 fully saturated rings. The summed E-state index contributed by atoms with van der Waals surface area (Å²) >= 11 is 0. The van der Waals surface area contributed by atoms with Crippen LogP contribution in [0, 0.1) is 0 Å². The van der Waals surface area contributed by atoms with Crippen LogP contribution >= 0.6 is 0 Å². The van der Waals surface area contributed by atoms with Crippen molar-refractivity contribution in [1.29, 1.82) is 0 Å². The van der Waals surface area contributed by atoms with Crippen LogP contribution in [0.15, 0.2) is 36.4 Å². The SMILES string of the molecule is NNc1cc2c(nn1)CC1CCCC2N1C(=O)Cc1ccccc1. The molecule has 24 heavy (non-hydrogen) atoms. The third kappa shape index (κ3) is 2.63. The van der Waals surface area contributed by atoms with Crippen molar-refractivity contribution in [2.45, 2.75) is 44.2 Å². The topological polar surface area (TPSA) is 84.1 Å². The van der Waals surface area contributed by atoms with Crippen LogP contribution in [0.3, 0.4) is 0 Å². The van der Waals surface area contributed by atoms with Gasteiger partial charge in [0.25, 0.3) is 0 Å². The van der Waals surface area contributed by atoms with Gasteiger partial charge in [-0.15, -0.1) is 5.10 Å². The summed E-state index contributed by atoms with van der Waals surface area (Å²) in [6.07, 6.45) is 4.38. The molecule has 1 saturated heterocycles. The molecule has 0 spiro atoms. The summed E-state index contributed by atoms with van der Waals surface area (Å²) in [6.45, 7) is 0. The van der Waals surface area contributed by atoms with Crippen molar-refractivity contribution < 1.29 is 4.79 Å². The highest BCUT2D eigenvalue weighted by Gasteiger charge is 2.40. The lowest BCUT2D eigenvalue weighted by molar-refractivity contribution is -0.138. The zero-order valence-electron chi connectivity index (χ0n) is 13.5. The van der Waals surface area contributed by atoms with Crippen molar-refractivity contribution in [2.24, 2.45) is 5.84 Å². The molecule has 1 amide bonds. The molecule has 0 radical (unpaired) electrons. The number of carbonyl (C=O) groups is 1. The van der Waals surface area contributed by atoms with E-state index in [1.165, 1.54) is 0 Å². The summed E-state index contributed by atoms with van der Waals surface area (Å²) in [6, 6.07) is 12.2. The van der Waals surface area contributed by atoms with Gasteiger partial charge in [-0.25, -0.2) is 5.84 Å². The average Bonchev–Trinajstić information content (AvgIpc) is 2.62. The molecule has 2 unspecified atom stereocenters. The molecule has 2 bridgehead atoms. The van der Waals surface area contributed by atoms with Gasteiger partial charge in [0.05, 0.1) is 18.2 Å². The Morgan fingerprint density at radius 3 is 2.88 bits per heavy atom. The van der Waals surface area contributed by atoms with Crippen LogP contribution in [0.1, 0.15) is 42.1 Å². The first-order valence-corrected chi connectivity index (χ1v) is 8.44. The number of fused-ring (bicyclic) bond motifs is 4. The number of nitrogens with one attached hydrogen (secondary N) is 1. The molecule has 6 nitrogen and oxygen atoms in total. The molecule has 124 valence electrons.